The number of aromatic nitrogens is 3. The number of hydrogen-bond donors (Lipinski definition) is 1. The maximum absolute atomic E-state index is 4.66. The summed E-state index contributed by atoms with van der Waals surface area (Å²) in [6, 6.07) is 2.20. The number of rotatable bonds is 6. The standard InChI is InChI=1S/C17H26N4/c1-6-8-18-10-15-9-12(3)17(19-11-15)21-14(5)16(7-2)13(4)20-21/h9,11,18H,6-8,10H2,1-5H3. The van der Waals surface area contributed by atoms with E-state index < -0.39 is 0 Å². The van der Waals surface area contributed by atoms with Gasteiger partial charge in [-0.15, -0.1) is 0 Å². The molecular formula is C17H26N4. The van der Waals surface area contributed by atoms with Crippen molar-refractivity contribution in [2.45, 2.75) is 54.0 Å². The van der Waals surface area contributed by atoms with Gasteiger partial charge in [0.2, 0.25) is 0 Å². The monoisotopic (exact) mass is 286 g/mol. The topological polar surface area (TPSA) is 42.7 Å². The molecule has 0 spiro atoms. The second kappa shape index (κ2) is 6.85. The maximum atomic E-state index is 4.66. The van der Waals surface area contributed by atoms with Gasteiger partial charge in [0, 0.05) is 18.4 Å². The molecule has 0 amide bonds. The minimum atomic E-state index is 0.874. The summed E-state index contributed by atoms with van der Waals surface area (Å²) in [7, 11) is 0. The molecule has 2 heterocycles. The first-order valence-electron chi connectivity index (χ1n) is 7.80. The Labute approximate surface area is 127 Å². The number of nitrogens with zero attached hydrogens (tertiary/aromatic N) is 3. The Morgan fingerprint density at radius 2 is 1.95 bits per heavy atom. The van der Waals surface area contributed by atoms with Crippen molar-refractivity contribution < 1.29 is 0 Å². The third kappa shape index (κ3) is 3.32. The molecule has 0 unspecified atom stereocenters. The molecule has 0 saturated heterocycles. The summed E-state index contributed by atoms with van der Waals surface area (Å²) in [6.45, 7) is 12.6. The van der Waals surface area contributed by atoms with E-state index in [1.54, 1.807) is 0 Å². The molecular weight excluding hydrogens is 260 g/mol. The summed E-state index contributed by atoms with van der Waals surface area (Å²) >= 11 is 0. The quantitative estimate of drug-likeness (QED) is 0.829. The molecule has 0 aliphatic heterocycles. The van der Waals surface area contributed by atoms with Crippen LogP contribution in [0.15, 0.2) is 12.3 Å². The van der Waals surface area contributed by atoms with Crippen LogP contribution in [0.4, 0.5) is 0 Å². The molecule has 1 N–H and O–H groups in total. The Bertz CT molecular complexity index is 613. The van der Waals surface area contributed by atoms with Crippen LogP contribution in [0, 0.1) is 20.8 Å². The van der Waals surface area contributed by atoms with Gasteiger partial charge in [0.15, 0.2) is 5.82 Å². The predicted octanol–water partition coefficient (Wildman–Crippen LogP) is 3.25. The molecule has 0 atom stereocenters. The summed E-state index contributed by atoms with van der Waals surface area (Å²) in [6.07, 6.45) is 4.11. The lowest BCUT2D eigenvalue weighted by Gasteiger charge is -2.10. The number of nitrogens with one attached hydrogen (secondary N) is 1. The van der Waals surface area contributed by atoms with Crippen LogP contribution in [0.3, 0.4) is 0 Å². The van der Waals surface area contributed by atoms with Crippen molar-refractivity contribution in [2.75, 3.05) is 6.54 Å². The molecule has 4 heteroatoms. The van der Waals surface area contributed by atoms with Crippen LogP contribution in [0.2, 0.25) is 0 Å². The van der Waals surface area contributed by atoms with Gasteiger partial charge in [0.25, 0.3) is 0 Å². The first kappa shape index (κ1) is 15.7. The van der Waals surface area contributed by atoms with E-state index in [9.17, 15) is 0 Å². The Morgan fingerprint density at radius 3 is 2.52 bits per heavy atom. The maximum Gasteiger partial charge on any atom is 0.156 e. The first-order valence-corrected chi connectivity index (χ1v) is 7.80. The van der Waals surface area contributed by atoms with Gasteiger partial charge in [-0.1, -0.05) is 13.8 Å². The van der Waals surface area contributed by atoms with Crippen LogP contribution in [-0.4, -0.2) is 21.3 Å². The highest BCUT2D eigenvalue weighted by molar-refractivity contribution is 5.39. The van der Waals surface area contributed by atoms with Crippen molar-refractivity contribution in [1.29, 1.82) is 0 Å². The minimum Gasteiger partial charge on any atom is -0.313 e. The van der Waals surface area contributed by atoms with E-state index in [1.165, 1.54) is 22.4 Å². The van der Waals surface area contributed by atoms with Gasteiger partial charge in [-0.3, -0.25) is 0 Å². The van der Waals surface area contributed by atoms with Crippen molar-refractivity contribution in [3.8, 4) is 5.82 Å². The molecule has 0 aromatic carbocycles. The summed E-state index contributed by atoms with van der Waals surface area (Å²) in [5.74, 6) is 0.939. The smallest absolute Gasteiger partial charge is 0.156 e. The average Bonchev–Trinajstić information content (AvgIpc) is 2.74. The lowest BCUT2D eigenvalue weighted by molar-refractivity contribution is 0.672. The zero-order chi connectivity index (χ0) is 15.4. The summed E-state index contributed by atoms with van der Waals surface area (Å²) in [4.78, 5) is 4.64. The van der Waals surface area contributed by atoms with Crippen LogP contribution in [0.25, 0.3) is 5.82 Å². The van der Waals surface area contributed by atoms with E-state index in [0.717, 1.165) is 37.4 Å². The molecule has 2 rings (SSSR count). The van der Waals surface area contributed by atoms with Gasteiger partial charge in [-0.2, -0.15) is 5.10 Å². The van der Waals surface area contributed by atoms with Crippen LogP contribution in [-0.2, 0) is 13.0 Å². The van der Waals surface area contributed by atoms with Gasteiger partial charge in [-0.25, -0.2) is 9.67 Å². The Morgan fingerprint density at radius 1 is 1.19 bits per heavy atom. The van der Waals surface area contributed by atoms with Gasteiger partial charge in [0.1, 0.15) is 0 Å². The lowest BCUT2D eigenvalue weighted by atomic mass is 10.1. The van der Waals surface area contributed by atoms with Crippen LogP contribution in [0.5, 0.6) is 0 Å². The number of pyridine rings is 1. The van der Waals surface area contributed by atoms with E-state index in [0.29, 0.717) is 0 Å². The summed E-state index contributed by atoms with van der Waals surface area (Å²) < 4.78 is 1.98. The van der Waals surface area contributed by atoms with Crippen LogP contribution < -0.4 is 5.32 Å². The Balaban J connectivity index is 2.29. The van der Waals surface area contributed by atoms with Gasteiger partial charge in [-0.05, 0) is 62.9 Å². The minimum absolute atomic E-state index is 0.874. The molecule has 0 bridgehead atoms. The van der Waals surface area contributed by atoms with Crippen molar-refractivity contribution >= 4 is 0 Å². The highest BCUT2D eigenvalue weighted by Crippen LogP contribution is 2.19. The normalized spacial score (nSPS) is 11.1. The molecule has 2 aromatic rings. The third-order valence-electron chi connectivity index (χ3n) is 3.86. The van der Waals surface area contributed by atoms with Crippen molar-refractivity contribution in [2.24, 2.45) is 0 Å². The SMILES string of the molecule is CCCNCc1cnc(-n2nc(C)c(CC)c2C)c(C)c1. The molecule has 114 valence electrons. The van der Waals surface area contributed by atoms with Gasteiger partial charge in [0.05, 0.1) is 5.69 Å². The zero-order valence-electron chi connectivity index (χ0n) is 13.8. The second-order valence-corrected chi connectivity index (χ2v) is 5.58. The molecule has 0 saturated carbocycles. The number of aryl methyl sites for hydroxylation is 2. The molecule has 2 aromatic heterocycles. The average molecular weight is 286 g/mol. The van der Waals surface area contributed by atoms with E-state index in [-0.39, 0.29) is 0 Å². The first-order chi connectivity index (χ1) is 10.1. The molecule has 0 fully saturated rings. The van der Waals surface area contributed by atoms with Gasteiger partial charge < -0.3 is 5.32 Å². The van der Waals surface area contributed by atoms with Gasteiger partial charge >= 0.3 is 0 Å². The van der Waals surface area contributed by atoms with E-state index in [1.807, 2.05) is 10.9 Å². The summed E-state index contributed by atoms with van der Waals surface area (Å²) in [5.41, 5.74) is 6.01. The molecule has 4 nitrogen and oxygen atoms in total. The molecule has 0 aliphatic carbocycles. The Kier molecular flexibility index (Phi) is 5.12. The van der Waals surface area contributed by atoms with Crippen molar-refractivity contribution in [1.82, 2.24) is 20.1 Å². The second-order valence-electron chi connectivity index (χ2n) is 5.58. The molecule has 21 heavy (non-hydrogen) atoms. The van der Waals surface area contributed by atoms with E-state index >= 15 is 0 Å². The van der Waals surface area contributed by atoms with Crippen LogP contribution >= 0.6 is 0 Å². The summed E-state index contributed by atoms with van der Waals surface area (Å²) in [5, 5.41) is 8.06. The lowest BCUT2D eigenvalue weighted by Crippen LogP contribution is -2.14. The highest BCUT2D eigenvalue weighted by atomic mass is 15.3. The number of hydrogen-bond acceptors (Lipinski definition) is 3. The van der Waals surface area contributed by atoms with Crippen LogP contribution in [0.1, 0.15) is 48.3 Å². The molecule has 0 radical (unpaired) electrons. The van der Waals surface area contributed by atoms with E-state index in [4.69, 9.17) is 0 Å². The van der Waals surface area contributed by atoms with Crippen molar-refractivity contribution in [3.63, 3.8) is 0 Å². The fourth-order valence-electron chi connectivity index (χ4n) is 2.75. The predicted molar refractivity (Wildman–Crippen MR) is 86.9 cm³/mol. The third-order valence-corrected chi connectivity index (χ3v) is 3.86. The fourth-order valence-corrected chi connectivity index (χ4v) is 2.75. The zero-order valence-corrected chi connectivity index (χ0v) is 13.8. The van der Waals surface area contributed by atoms with Crippen molar-refractivity contribution in [3.05, 3.63) is 40.3 Å². The molecule has 0 aliphatic rings. The van der Waals surface area contributed by atoms with E-state index in [2.05, 4.69) is 56.1 Å². The fraction of sp³-hybridized carbons (Fsp3) is 0.529. The largest absolute Gasteiger partial charge is 0.313 e. The Hall–Kier alpha value is -1.68. The highest BCUT2D eigenvalue weighted by Gasteiger charge is 2.13.